The number of fused-ring (bicyclic) bond motifs is 1. The molecule has 0 unspecified atom stereocenters. The fraction of sp³-hybridized carbons (Fsp3) is 0.267. The molecule has 8 heteroatoms. The fourth-order valence-electron chi connectivity index (χ4n) is 2.09. The summed E-state index contributed by atoms with van der Waals surface area (Å²) in [5, 5.41) is 7.31. The molecule has 3 aromatic rings. The molecule has 23 heavy (non-hydrogen) atoms. The second-order valence-electron chi connectivity index (χ2n) is 4.72. The Hall–Kier alpha value is -1.64. The molecule has 0 aromatic carbocycles. The van der Waals surface area contributed by atoms with Crippen LogP contribution < -0.4 is 10.9 Å². The van der Waals surface area contributed by atoms with Crippen molar-refractivity contribution in [3.8, 4) is 0 Å². The Morgan fingerprint density at radius 3 is 2.96 bits per heavy atom. The lowest BCUT2D eigenvalue weighted by atomic mass is 10.4. The van der Waals surface area contributed by atoms with E-state index in [1.54, 1.807) is 15.9 Å². The molecule has 0 saturated heterocycles. The highest BCUT2D eigenvalue weighted by molar-refractivity contribution is 7.99. The molecule has 0 radical (unpaired) electrons. The summed E-state index contributed by atoms with van der Waals surface area (Å²) in [6.07, 6.45) is 0. The maximum Gasteiger partial charge on any atom is 0.272 e. The van der Waals surface area contributed by atoms with Gasteiger partial charge in [0.15, 0.2) is 5.16 Å². The van der Waals surface area contributed by atoms with Gasteiger partial charge in [-0.15, -0.1) is 22.7 Å². The second-order valence-corrected chi connectivity index (χ2v) is 7.61. The van der Waals surface area contributed by atoms with Gasteiger partial charge in [-0.1, -0.05) is 17.8 Å². The number of hydrogen-bond acceptors (Lipinski definition) is 6. The van der Waals surface area contributed by atoms with Gasteiger partial charge in [0.25, 0.3) is 5.56 Å². The van der Waals surface area contributed by atoms with Crippen LogP contribution in [0.1, 0.15) is 11.8 Å². The fourth-order valence-corrected chi connectivity index (χ4v) is 4.41. The minimum atomic E-state index is -0.0642. The molecule has 3 heterocycles. The molecule has 0 atom stereocenters. The lowest BCUT2D eigenvalue weighted by Gasteiger charge is -2.09. The number of thiophene rings is 2. The van der Waals surface area contributed by atoms with Crippen molar-refractivity contribution in [2.75, 3.05) is 5.75 Å². The first-order valence-corrected chi connectivity index (χ1v) is 9.83. The molecule has 0 spiro atoms. The van der Waals surface area contributed by atoms with Crippen LogP contribution in [0.4, 0.5) is 0 Å². The van der Waals surface area contributed by atoms with E-state index >= 15 is 0 Å². The van der Waals surface area contributed by atoms with Gasteiger partial charge in [-0.05, 0) is 29.8 Å². The van der Waals surface area contributed by atoms with Crippen LogP contribution in [-0.4, -0.2) is 21.2 Å². The van der Waals surface area contributed by atoms with Gasteiger partial charge in [-0.25, -0.2) is 4.98 Å². The Morgan fingerprint density at radius 2 is 2.22 bits per heavy atom. The molecule has 1 N–H and O–H groups in total. The van der Waals surface area contributed by atoms with Crippen molar-refractivity contribution in [2.45, 2.75) is 25.2 Å². The third kappa shape index (κ3) is 3.65. The quantitative estimate of drug-likeness (QED) is 0.539. The lowest BCUT2D eigenvalue weighted by molar-refractivity contribution is -0.118. The monoisotopic (exact) mass is 365 g/mol. The van der Waals surface area contributed by atoms with Gasteiger partial charge in [-0.3, -0.25) is 14.2 Å². The van der Waals surface area contributed by atoms with Gasteiger partial charge in [0.1, 0.15) is 4.70 Å². The van der Waals surface area contributed by atoms with E-state index in [0.717, 1.165) is 4.88 Å². The Labute approximate surface area is 145 Å². The maximum absolute atomic E-state index is 12.4. The summed E-state index contributed by atoms with van der Waals surface area (Å²) in [5.41, 5.74) is 0.667. The zero-order valence-electron chi connectivity index (χ0n) is 12.4. The van der Waals surface area contributed by atoms with E-state index in [-0.39, 0.29) is 17.2 Å². The number of rotatable bonds is 6. The average molecular weight is 366 g/mol. The highest BCUT2D eigenvalue weighted by atomic mass is 32.2. The molecular weight excluding hydrogens is 350 g/mol. The predicted octanol–water partition coefficient (Wildman–Crippen LogP) is 2.95. The van der Waals surface area contributed by atoms with E-state index in [4.69, 9.17) is 0 Å². The van der Waals surface area contributed by atoms with Crippen molar-refractivity contribution in [2.24, 2.45) is 0 Å². The number of carbonyl (C=O) groups excluding carboxylic acids is 1. The minimum Gasteiger partial charge on any atom is -0.350 e. The number of thioether (sulfide) groups is 1. The molecule has 120 valence electrons. The molecular formula is C15H15N3O2S3. The summed E-state index contributed by atoms with van der Waals surface area (Å²) in [5.74, 6) is 0.179. The standard InChI is InChI=1S/C15H15N3O2S3/c1-2-18-14(20)13-11(5-7-22-13)17-15(18)23-9-12(19)16-8-10-4-3-6-21-10/h3-7H,2,8-9H2,1H3,(H,16,19). The minimum absolute atomic E-state index is 0.0333. The second kappa shape index (κ2) is 7.29. The van der Waals surface area contributed by atoms with E-state index in [1.165, 1.54) is 23.1 Å². The van der Waals surface area contributed by atoms with E-state index < -0.39 is 0 Å². The lowest BCUT2D eigenvalue weighted by Crippen LogP contribution is -2.26. The van der Waals surface area contributed by atoms with Crippen LogP contribution in [0.5, 0.6) is 0 Å². The van der Waals surface area contributed by atoms with Crippen molar-refractivity contribution >= 4 is 50.6 Å². The molecule has 3 rings (SSSR count). The molecule has 0 saturated carbocycles. The number of amides is 1. The Morgan fingerprint density at radius 1 is 1.35 bits per heavy atom. The summed E-state index contributed by atoms with van der Waals surface area (Å²) < 4.78 is 2.29. The number of carbonyl (C=O) groups is 1. The van der Waals surface area contributed by atoms with Crippen LogP contribution in [0.15, 0.2) is 38.9 Å². The Kier molecular flexibility index (Phi) is 5.14. The van der Waals surface area contributed by atoms with Crippen molar-refractivity contribution < 1.29 is 4.79 Å². The van der Waals surface area contributed by atoms with Gasteiger partial charge in [0.05, 0.1) is 17.8 Å². The van der Waals surface area contributed by atoms with Crippen LogP contribution in [0, 0.1) is 0 Å². The van der Waals surface area contributed by atoms with Crippen LogP contribution in [0.3, 0.4) is 0 Å². The smallest absolute Gasteiger partial charge is 0.272 e. The molecule has 0 aliphatic carbocycles. The van der Waals surface area contributed by atoms with Crippen LogP contribution >= 0.6 is 34.4 Å². The van der Waals surface area contributed by atoms with Gasteiger partial charge in [0, 0.05) is 11.4 Å². The molecule has 0 aliphatic heterocycles. The van der Waals surface area contributed by atoms with Crippen LogP contribution in [0.2, 0.25) is 0 Å². The maximum atomic E-state index is 12.4. The van der Waals surface area contributed by atoms with Crippen LogP contribution in [-0.2, 0) is 17.9 Å². The number of nitrogens with zero attached hydrogens (tertiary/aromatic N) is 2. The van der Waals surface area contributed by atoms with Crippen molar-refractivity contribution in [3.05, 3.63) is 44.2 Å². The molecule has 5 nitrogen and oxygen atoms in total. The first kappa shape index (κ1) is 16.2. The predicted molar refractivity (Wildman–Crippen MR) is 96.4 cm³/mol. The van der Waals surface area contributed by atoms with E-state index in [9.17, 15) is 9.59 Å². The first-order valence-electron chi connectivity index (χ1n) is 7.09. The van der Waals surface area contributed by atoms with E-state index in [2.05, 4.69) is 10.3 Å². The molecule has 3 aromatic heterocycles. The van der Waals surface area contributed by atoms with Gasteiger partial charge in [-0.2, -0.15) is 0 Å². The van der Waals surface area contributed by atoms with Gasteiger partial charge in [0.2, 0.25) is 5.91 Å². The third-order valence-electron chi connectivity index (χ3n) is 3.22. The summed E-state index contributed by atoms with van der Waals surface area (Å²) >= 11 is 4.31. The largest absolute Gasteiger partial charge is 0.350 e. The third-order valence-corrected chi connectivity index (χ3v) is 5.96. The summed E-state index contributed by atoms with van der Waals surface area (Å²) in [6.45, 7) is 2.98. The number of hydrogen-bond donors (Lipinski definition) is 1. The highest BCUT2D eigenvalue weighted by Crippen LogP contribution is 2.20. The molecule has 0 bridgehead atoms. The number of nitrogens with one attached hydrogen (secondary N) is 1. The Balaban J connectivity index is 1.68. The zero-order valence-corrected chi connectivity index (χ0v) is 14.9. The van der Waals surface area contributed by atoms with Gasteiger partial charge < -0.3 is 5.32 Å². The highest BCUT2D eigenvalue weighted by Gasteiger charge is 2.13. The molecule has 0 fully saturated rings. The van der Waals surface area contributed by atoms with Crippen LogP contribution in [0.25, 0.3) is 10.2 Å². The van der Waals surface area contributed by atoms with E-state index in [0.29, 0.717) is 28.5 Å². The first-order chi connectivity index (χ1) is 11.2. The summed E-state index contributed by atoms with van der Waals surface area (Å²) in [7, 11) is 0. The topological polar surface area (TPSA) is 64.0 Å². The van der Waals surface area contributed by atoms with Crippen molar-refractivity contribution in [1.82, 2.24) is 14.9 Å². The molecule has 1 amide bonds. The number of aromatic nitrogens is 2. The van der Waals surface area contributed by atoms with Crippen molar-refractivity contribution in [3.63, 3.8) is 0 Å². The summed E-state index contributed by atoms with van der Waals surface area (Å²) in [6, 6.07) is 5.78. The molecule has 0 aliphatic rings. The van der Waals surface area contributed by atoms with Gasteiger partial charge >= 0.3 is 0 Å². The summed E-state index contributed by atoms with van der Waals surface area (Å²) in [4.78, 5) is 30.0. The average Bonchev–Trinajstić information content (AvgIpc) is 3.22. The zero-order chi connectivity index (χ0) is 16.2. The SMILES string of the molecule is CCn1c(SCC(=O)NCc2cccs2)nc2ccsc2c1=O. The van der Waals surface area contributed by atoms with E-state index in [1.807, 2.05) is 35.9 Å². The normalized spacial score (nSPS) is 11.0. The van der Waals surface area contributed by atoms with Crippen molar-refractivity contribution in [1.29, 1.82) is 0 Å². The Bertz CT molecular complexity index is 868.